The van der Waals surface area contributed by atoms with Gasteiger partial charge in [-0.25, -0.2) is 4.39 Å². The third kappa shape index (κ3) is 7.75. The van der Waals surface area contributed by atoms with Crippen LogP contribution in [0.3, 0.4) is 0 Å². The summed E-state index contributed by atoms with van der Waals surface area (Å²) >= 11 is 0. The second kappa shape index (κ2) is 14.9. The highest BCUT2D eigenvalue weighted by Gasteiger charge is 2.40. The topological polar surface area (TPSA) is 80.2 Å². The Morgan fingerprint density at radius 2 is 1.56 bits per heavy atom. The maximum atomic E-state index is 14.9. The predicted molar refractivity (Wildman–Crippen MR) is 199 cm³/mol. The normalized spacial score (nSPS) is 15.5. The number of rotatable bonds is 13. The van der Waals surface area contributed by atoms with E-state index in [1.807, 2.05) is 32.0 Å². The molecule has 0 aromatic heterocycles. The molecule has 1 heterocycles. The van der Waals surface area contributed by atoms with Gasteiger partial charge in [0.15, 0.2) is 6.10 Å². The molecule has 0 saturated heterocycles. The number of nitrogens with zero attached hydrogens (tertiary/aromatic N) is 2. The van der Waals surface area contributed by atoms with E-state index in [2.05, 4.69) is 64.1 Å². The van der Waals surface area contributed by atoms with Crippen LogP contribution in [0.2, 0.25) is 0 Å². The van der Waals surface area contributed by atoms with Gasteiger partial charge in [-0.15, -0.1) is 0 Å². The number of amides is 2. The molecule has 1 aliphatic rings. The van der Waals surface area contributed by atoms with E-state index in [0.717, 1.165) is 24.0 Å². The van der Waals surface area contributed by atoms with Gasteiger partial charge >= 0.3 is 0 Å². The maximum absolute atomic E-state index is 14.9. The number of halogens is 1. The van der Waals surface area contributed by atoms with E-state index < -0.39 is 23.9 Å². The van der Waals surface area contributed by atoms with Crippen LogP contribution >= 0.6 is 0 Å². The standard InChI is InChI=1S/C42H48FN3O4/c1-9-35(50-36-25-18-28(41(5,6)10-2)26-33(36)42(7,8)11-3)39(47)44-29-19-21-30(22-20-29)46-40(48)38(49-31-23-16-27(4)17-24-31)37(45-46)32-14-12-13-15-34(32)43/h12-26,35,38H,9-11H2,1-8H3,(H,44,47). The summed E-state index contributed by atoms with van der Waals surface area (Å²) in [5.41, 5.74) is 4.58. The molecule has 0 spiro atoms. The fourth-order valence-electron chi connectivity index (χ4n) is 5.71. The quantitative estimate of drug-likeness (QED) is 0.153. The molecular weight excluding hydrogens is 629 g/mol. The molecule has 2 atom stereocenters. The van der Waals surface area contributed by atoms with Gasteiger partial charge in [0.25, 0.3) is 11.8 Å². The summed E-state index contributed by atoms with van der Waals surface area (Å²) in [5.74, 6) is -0.0586. The molecular formula is C42H48FN3O4. The number of hydrogen-bond acceptors (Lipinski definition) is 5. The summed E-state index contributed by atoms with van der Waals surface area (Å²) < 4.78 is 27.5. The van der Waals surface area contributed by atoms with Gasteiger partial charge in [0.1, 0.15) is 23.0 Å². The van der Waals surface area contributed by atoms with Crippen LogP contribution in [-0.2, 0) is 20.4 Å². The van der Waals surface area contributed by atoms with Gasteiger partial charge in [-0.05, 0) is 97.2 Å². The Bertz CT molecular complexity index is 1870. The molecule has 0 fully saturated rings. The van der Waals surface area contributed by atoms with E-state index in [4.69, 9.17) is 9.47 Å². The lowest BCUT2D eigenvalue weighted by molar-refractivity contribution is -0.123. The van der Waals surface area contributed by atoms with Crippen molar-refractivity contribution in [1.29, 1.82) is 0 Å². The molecule has 4 aromatic rings. The van der Waals surface area contributed by atoms with Gasteiger partial charge in [0.2, 0.25) is 6.10 Å². The minimum atomic E-state index is -1.15. The Labute approximate surface area is 295 Å². The van der Waals surface area contributed by atoms with Crippen LogP contribution in [0.15, 0.2) is 96.1 Å². The second-order valence-electron chi connectivity index (χ2n) is 14.2. The van der Waals surface area contributed by atoms with Gasteiger partial charge in [-0.1, -0.05) is 90.4 Å². The number of hydrazone groups is 1. The molecule has 8 heteroatoms. The lowest BCUT2D eigenvalue weighted by atomic mass is 9.76. The molecule has 1 N–H and O–H groups in total. The summed E-state index contributed by atoms with van der Waals surface area (Å²) in [6.07, 6.45) is 0.514. The molecule has 1 aliphatic heterocycles. The average Bonchev–Trinajstić information content (AvgIpc) is 3.43. The number of nitrogens with one attached hydrogen (secondary N) is 1. The molecule has 0 radical (unpaired) electrons. The van der Waals surface area contributed by atoms with E-state index in [9.17, 15) is 14.0 Å². The largest absolute Gasteiger partial charge is 0.480 e. The van der Waals surface area contributed by atoms with Crippen molar-refractivity contribution in [1.82, 2.24) is 0 Å². The van der Waals surface area contributed by atoms with E-state index in [1.54, 1.807) is 54.6 Å². The van der Waals surface area contributed by atoms with Crippen molar-refractivity contribution in [3.63, 3.8) is 0 Å². The lowest BCUT2D eigenvalue weighted by Crippen LogP contribution is -2.37. The molecule has 2 amide bonds. The SMILES string of the molecule is CCC(Oc1ccc(C(C)(C)CC)cc1C(C)(C)CC)C(=O)Nc1ccc(N2N=C(c3ccccc3F)C(Oc3ccc(C)cc3)C2=O)cc1. The van der Waals surface area contributed by atoms with Crippen LogP contribution in [0, 0.1) is 12.7 Å². The third-order valence-corrected chi connectivity index (χ3v) is 9.88. The zero-order valence-electron chi connectivity index (χ0n) is 30.3. The summed E-state index contributed by atoms with van der Waals surface area (Å²) in [6, 6.07) is 26.6. The van der Waals surface area contributed by atoms with E-state index >= 15 is 0 Å². The van der Waals surface area contributed by atoms with Gasteiger partial charge in [-0.3, -0.25) is 9.59 Å². The zero-order chi connectivity index (χ0) is 36.2. The van der Waals surface area contributed by atoms with Crippen LogP contribution in [0.1, 0.15) is 90.0 Å². The number of hydrogen-bond donors (Lipinski definition) is 1. The molecule has 0 aliphatic carbocycles. The first-order chi connectivity index (χ1) is 23.8. The highest BCUT2D eigenvalue weighted by Crippen LogP contribution is 2.39. The molecule has 50 heavy (non-hydrogen) atoms. The van der Waals surface area contributed by atoms with Gasteiger partial charge in [-0.2, -0.15) is 10.1 Å². The van der Waals surface area contributed by atoms with Crippen LogP contribution < -0.4 is 19.8 Å². The molecule has 5 rings (SSSR count). The Balaban J connectivity index is 1.35. The number of anilines is 2. The molecule has 0 bridgehead atoms. The van der Waals surface area contributed by atoms with Gasteiger partial charge in [0, 0.05) is 16.8 Å². The summed E-state index contributed by atoms with van der Waals surface area (Å²) in [7, 11) is 0. The van der Waals surface area contributed by atoms with Crippen LogP contribution in [0.25, 0.3) is 0 Å². The van der Waals surface area contributed by atoms with Crippen LogP contribution in [0.4, 0.5) is 15.8 Å². The van der Waals surface area contributed by atoms with E-state index in [-0.39, 0.29) is 28.0 Å². The number of aryl methyl sites for hydroxylation is 1. The minimum Gasteiger partial charge on any atom is -0.480 e. The molecule has 4 aromatic carbocycles. The monoisotopic (exact) mass is 677 g/mol. The van der Waals surface area contributed by atoms with Crippen molar-refractivity contribution in [2.24, 2.45) is 5.10 Å². The number of ether oxygens (including phenoxy) is 2. The van der Waals surface area contributed by atoms with Gasteiger partial charge in [0.05, 0.1) is 5.69 Å². The molecule has 7 nitrogen and oxygen atoms in total. The fraction of sp³-hybridized carbons (Fsp3) is 0.357. The Morgan fingerprint density at radius 3 is 2.18 bits per heavy atom. The van der Waals surface area contributed by atoms with Crippen molar-refractivity contribution < 1.29 is 23.5 Å². The second-order valence-corrected chi connectivity index (χ2v) is 14.2. The Morgan fingerprint density at radius 1 is 0.900 bits per heavy atom. The predicted octanol–water partition coefficient (Wildman–Crippen LogP) is 9.50. The number of benzene rings is 4. The van der Waals surface area contributed by atoms with Crippen molar-refractivity contribution in [3.05, 3.63) is 119 Å². The average molecular weight is 678 g/mol. The summed E-state index contributed by atoms with van der Waals surface area (Å²) in [4.78, 5) is 27.3. The van der Waals surface area contributed by atoms with Crippen LogP contribution in [-0.4, -0.2) is 29.7 Å². The molecule has 0 saturated carbocycles. The zero-order valence-corrected chi connectivity index (χ0v) is 30.3. The summed E-state index contributed by atoms with van der Waals surface area (Å²) in [6.45, 7) is 17.1. The Kier molecular flexibility index (Phi) is 10.8. The lowest BCUT2D eigenvalue weighted by Gasteiger charge is -2.31. The highest BCUT2D eigenvalue weighted by atomic mass is 19.1. The van der Waals surface area contributed by atoms with Crippen molar-refractivity contribution in [2.75, 3.05) is 10.3 Å². The summed E-state index contributed by atoms with van der Waals surface area (Å²) in [5, 5.41) is 8.72. The van der Waals surface area contributed by atoms with Gasteiger partial charge < -0.3 is 14.8 Å². The van der Waals surface area contributed by atoms with Crippen molar-refractivity contribution in [2.45, 2.75) is 97.7 Å². The molecule has 2 unspecified atom stereocenters. The first-order valence-electron chi connectivity index (χ1n) is 17.4. The smallest absolute Gasteiger partial charge is 0.294 e. The first kappa shape index (κ1) is 36.3. The first-order valence-corrected chi connectivity index (χ1v) is 17.4. The third-order valence-electron chi connectivity index (χ3n) is 9.88. The Hall–Kier alpha value is -4.98. The number of carbonyl (C=O) groups is 2. The number of carbonyl (C=O) groups excluding carboxylic acids is 2. The fourth-order valence-corrected chi connectivity index (χ4v) is 5.71. The van der Waals surface area contributed by atoms with E-state index in [1.165, 1.54) is 16.6 Å². The van der Waals surface area contributed by atoms with Crippen molar-refractivity contribution in [3.8, 4) is 11.5 Å². The van der Waals surface area contributed by atoms with E-state index in [0.29, 0.717) is 29.3 Å². The minimum absolute atomic E-state index is 0.0180. The van der Waals surface area contributed by atoms with Crippen molar-refractivity contribution >= 4 is 28.9 Å². The molecule has 262 valence electrons. The highest BCUT2D eigenvalue weighted by molar-refractivity contribution is 6.24. The maximum Gasteiger partial charge on any atom is 0.294 e. The van der Waals surface area contributed by atoms with Crippen LogP contribution in [0.5, 0.6) is 11.5 Å².